The van der Waals surface area contributed by atoms with Gasteiger partial charge in [-0.3, -0.25) is 4.79 Å². The summed E-state index contributed by atoms with van der Waals surface area (Å²) in [7, 11) is 0. The highest BCUT2D eigenvalue weighted by atomic mass is 16.1. The van der Waals surface area contributed by atoms with Gasteiger partial charge >= 0.3 is 0 Å². The molecular formula is C14H25NO. The SMILES string of the molecule is CC1CCC(NC(=O)CC2CCCC2)CC1. The van der Waals surface area contributed by atoms with E-state index in [1.165, 1.54) is 51.4 Å². The predicted octanol–water partition coefficient (Wildman–Crippen LogP) is 3.26. The number of amides is 1. The standard InChI is InChI=1S/C14H25NO/c1-11-6-8-13(9-7-11)15-14(16)10-12-4-2-3-5-12/h11-13H,2-10H2,1H3,(H,15,16). The minimum Gasteiger partial charge on any atom is -0.353 e. The Labute approximate surface area is 99.2 Å². The first-order chi connectivity index (χ1) is 7.74. The third-order valence-electron chi connectivity index (χ3n) is 4.33. The lowest BCUT2D eigenvalue weighted by Gasteiger charge is -2.27. The lowest BCUT2D eigenvalue weighted by atomic mass is 9.87. The van der Waals surface area contributed by atoms with Crippen LogP contribution in [0.1, 0.15) is 64.7 Å². The Morgan fingerprint density at radius 3 is 2.31 bits per heavy atom. The summed E-state index contributed by atoms with van der Waals surface area (Å²) < 4.78 is 0. The van der Waals surface area contributed by atoms with Gasteiger partial charge in [-0.25, -0.2) is 0 Å². The molecule has 0 saturated heterocycles. The van der Waals surface area contributed by atoms with Crippen molar-refractivity contribution in [2.24, 2.45) is 11.8 Å². The molecule has 0 spiro atoms. The van der Waals surface area contributed by atoms with Crippen molar-refractivity contribution >= 4 is 5.91 Å². The molecule has 92 valence electrons. The van der Waals surface area contributed by atoms with Crippen molar-refractivity contribution in [3.8, 4) is 0 Å². The van der Waals surface area contributed by atoms with E-state index in [0.717, 1.165) is 12.3 Å². The molecule has 1 N–H and O–H groups in total. The summed E-state index contributed by atoms with van der Waals surface area (Å²) in [4.78, 5) is 11.8. The fraction of sp³-hybridized carbons (Fsp3) is 0.929. The lowest BCUT2D eigenvalue weighted by Crippen LogP contribution is -2.37. The van der Waals surface area contributed by atoms with Crippen LogP contribution in [0.3, 0.4) is 0 Å². The van der Waals surface area contributed by atoms with Gasteiger partial charge in [0.2, 0.25) is 5.91 Å². The molecule has 2 nitrogen and oxygen atoms in total. The Hall–Kier alpha value is -0.530. The van der Waals surface area contributed by atoms with Crippen LogP contribution in [-0.2, 0) is 4.79 Å². The van der Waals surface area contributed by atoms with E-state index in [1.54, 1.807) is 0 Å². The summed E-state index contributed by atoms with van der Waals surface area (Å²) >= 11 is 0. The van der Waals surface area contributed by atoms with E-state index in [4.69, 9.17) is 0 Å². The molecule has 0 unspecified atom stereocenters. The van der Waals surface area contributed by atoms with Crippen molar-refractivity contribution in [3.63, 3.8) is 0 Å². The topological polar surface area (TPSA) is 29.1 Å². The van der Waals surface area contributed by atoms with Crippen molar-refractivity contribution in [2.45, 2.75) is 70.8 Å². The van der Waals surface area contributed by atoms with E-state index in [-0.39, 0.29) is 0 Å². The number of carbonyl (C=O) groups is 1. The van der Waals surface area contributed by atoms with E-state index in [9.17, 15) is 4.79 Å². The van der Waals surface area contributed by atoms with Crippen LogP contribution in [0.5, 0.6) is 0 Å². The number of hydrogen-bond acceptors (Lipinski definition) is 1. The number of hydrogen-bond donors (Lipinski definition) is 1. The van der Waals surface area contributed by atoms with Crippen LogP contribution in [0.2, 0.25) is 0 Å². The zero-order valence-corrected chi connectivity index (χ0v) is 10.5. The average molecular weight is 223 g/mol. The lowest BCUT2D eigenvalue weighted by molar-refractivity contribution is -0.122. The van der Waals surface area contributed by atoms with Gasteiger partial charge in [0, 0.05) is 12.5 Å². The molecule has 16 heavy (non-hydrogen) atoms. The zero-order valence-electron chi connectivity index (χ0n) is 10.5. The van der Waals surface area contributed by atoms with Crippen molar-refractivity contribution in [1.29, 1.82) is 0 Å². The molecule has 0 aromatic rings. The Kier molecular flexibility index (Phi) is 4.25. The van der Waals surface area contributed by atoms with Gasteiger partial charge in [-0.2, -0.15) is 0 Å². The van der Waals surface area contributed by atoms with E-state index in [2.05, 4.69) is 12.2 Å². The van der Waals surface area contributed by atoms with Crippen LogP contribution in [0.4, 0.5) is 0 Å². The van der Waals surface area contributed by atoms with Gasteiger partial charge in [0.1, 0.15) is 0 Å². The first kappa shape index (κ1) is 11.9. The van der Waals surface area contributed by atoms with Gasteiger partial charge in [-0.05, 0) is 50.4 Å². The summed E-state index contributed by atoms with van der Waals surface area (Å²) in [5, 5.41) is 3.23. The molecule has 0 aromatic carbocycles. The third-order valence-corrected chi connectivity index (χ3v) is 4.33. The van der Waals surface area contributed by atoms with Crippen LogP contribution in [-0.4, -0.2) is 11.9 Å². The first-order valence-corrected chi connectivity index (χ1v) is 7.03. The Bertz CT molecular complexity index is 225. The average Bonchev–Trinajstić information content (AvgIpc) is 2.74. The quantitative estimate of drug-likeness (QED) is 0.781. The molecule has 2 saturated carbocycles. The second-order valence-electron chi connectivity index (χ2n) is 5.88. The van der Waals surface area contributed by atoms with Crippen molar-refractivity contribution in [1.82, 2.24) is 5.32 Å². The molecule has 0 aliphatic heterocycles. The molecule has 2 aliphatic rings. The summed E-state index contributed by atoms with van der Waals surface area (Å²) in [6, 6.07) is 0.477. The molecule has 1 amide bonds. The molecule has 2 heteroatoms. The fourth-order valence-corrected chi connectivity index (χ4v) is 3.17. The second kappa shape index (κ2) is 5.70. The maximum absolute atomic E-state index is 11.8. The maximum Gasteiger partial charge on any atom is 0.220 e. The van der Waals surface area contributed by atoms with Gasteiger partial charge in [0.15, 0.2) is 0 Å². The molecule has 2 aliphatic carbocycles. The minimum absolute atomic E-state index is 0.312. The Morgan fingerprint density at radius 1 is 1.06 bits per heavy atom. The van der Waals surface area contributed by atoms with Gasteiger partial charge in [-0.15, -0.1) is 0 Å². The van der Waals surface area contributed by atoms with Crippen molar-refractivity contribution in [2.75, 3.05) is 0 Å². The summed E-state index contributed by atoms with van der Waals surface area (Å²) in [5.74, 6) is 1.86. The van der Waals surface area contributed by atoms with E-state index < -0.39 is 0 Å². The largest absolute Gasteiger partial charge is 0.353 e. The van der Waals surface area contributed by atoms with E-state index in [1.807, 2.05) is 0 Å². The van der Waals surface area contributed by atoms with Crippen LogP contribution < -0.4 is 5.32 Å². The molecule has 2 fully saturated rings. The van der Waals surface area contributed by atoms with Gasteiger partial charge in [0.25, 0.3) is 0 Å². The summed E-state index contributed by atoms with van der Waals surface area (Å²) in [6.45, 7) is 2.32. The molecule has 2 rings (SSSR count). The molecule has 0 radical (unpaired) electrons. The number of nitrogens with one attached hydrogen (secondary N) is 1. The predicted molar refractivity (Wildman–Crippen MR) is 66.1 cm³/mol. The smallest absolute Gasteiger partial charge is 0.220 e. The van der Waals surface area contributed by atoms with Gasteiger partial charge in [-0.1, -0.05) is 19.8 Å². The van der Waals surface area contributed by atoms with Crippen molar-refractivity contribution < 1.29 is 4.79 Å². The number of rotatable bonds is 3. The number of carbonyl (C=O) groups excluding carboxylic acids is 1. The molecular weight excluding hydrogens is 198 g/mol. The Morgan fingerprint density at radius 2 is 1.69 bits per heavy atom. The zero-order chi connectivity index (χ0) is 11.4. The third kappa shape index (κ3) is 3.50. The normalized spacial score (nSPS) is 31.6. The summed E-state index contributed by atoms with van der Waals surface area (Å²) in [6.07, 6.45) is 11.0. The van der Waals surface area contributed by atoms with Crippen LogP contribution >= 0.6 is 0 Å². The summed E-state index contributed by atoms with van der Waals surface area (Å²) in [5.41, 5.74) is 0. The van der Waals surface area contributed by atoms with Crippen molar-refractivity contribution in [3.05, 3.63) is 0 Å². The van der Waals surface area contributed by atoms with E-state index in [0.29, 0.717) is 17.9 Å². The second-order valence-corrected chi connectivity index (χ2v) is 5.88. The maximum atomic E-state index is 11.8. The molecule has 0 heterocycles. The Balaban J connectivity index is 1.66. The monoisotopic (exact) mass is 223 g/mol. The van der Waals surface area contributed by atoms with Crippen LogP contribution in [0.25, 0.3) is 0 Å². The van der Waals surface area contributed by atoms with Gasteiger partial charge < -0.3 is 5.32 Å². The highest BCUT2D eigenvalue weighted by molar-refractivity contribution is 5.76. The van der Waals surface area contributed by atoms with Gasteiger partial charge in [0.05, 0.1) is 0 Å². The first-order valence-electron chi connectivity index (χ1n) is 7.03. The highest BCUT2D eigenvalue weighted by Crippen LogP contribution is 2.28. The molecule has 0 bridgehead atoms. The molecule has 0 aromatic heterocycles. The highest BCUT2D eigenvalue weighted by Gasteiger charge is 2.22. The minimum atomic E-state index is 0.312. The van der Waals surface area contributed by atoms with Crippen LogP contribution in [0, 0.1) is 11.8 Å². The van der Waals surface area contributed by atoms with E-state index >= 15 is 0 Å². The van der Waals surface area contributed by atoms with Crippen LogP contribution in [0.15, 0.2) is 0 Å². The fourth-order valence-electron chi connectivity index (χ4n) is 3.17. The molecule has 0 atom stereocenters.